The average molecular weight is 241 g/mol. The van der Waals surface area contributed by atoms with Gasteiger partial charge >= 0.3 is 0 Å². The van der Waals surface area contributed by atoms with Gasteiger partial charge in [0.05, 0.1) is 23.1 Å². The van der Waals surface area contributed by atoms with Crippen molar-refractivity contribution in [2.24, 2.45) is 0 Å². The minimum Gasteiger partial charge on any atom is -0.360 e. The van der Waals surface area contributed by atoms with Crippen LogP contribution in [0.25, 0.3) is 10.9 Å². The third-order valence-corrected chi connectivity index (χ3v) is 3.51. The van der Waals surface area contributed by atoms with Crippen LogP contribution in [-0.4, -0.2) is 24.0 Å². The number of hydrogen-bond acceptors (Lipinski definition) is 3. The number of anilines is 2. The van der Waals surface area contributed by atoms with Gasteiger partial charge < -0.3 is 10.2 Å². The quantitative estimate of drug-likeness (QED) is 0.833. The zero-order valence-corrected chi connectivity index (χ0v) is 10.5. The highest BCUT2D eigenvalue weighted by molar-refractivity contribution is 6.09. The van der Waals surface area contributed by atoms with E-state index < -0.39 is 0 Å². The summed E-state index contributed by atoms with van der Waals surface area (Å²) in [5.74, 6) is 0.0459. The molecule has 2 heterocycles. The summed E-state index contributed by atoms with van der Waals surface area (Å²) >= 11 is 0. The number of pyridine rings is 1. The number of para-hydroxylation sites is 1. The maximum atomic E-state index is 12.0. The molecule has 1 unspecified atom stereocenters. The van der Waals surface area contributed by atoms with E-state index in [0.29, 0.717) is 0 Å². The van der Waals surface area contributed by atoms with Crippen LogP contribution in [0.2, 0.25) is 0 Å². The van der Waals surface area contributed by atoms with Crippen molar-refractivity contribution >= 4 is 28.2 Å². The maximum Gasteiger partial charge on any atom is 0.247 e. The Bertz CT molecular complexity index is 623. The smallest absolute Gasteiger partial charge is 0.247 e. The van der Waals surface area contributed by atoms with Gasteiger partial charge in [0, 0.05) is 12.4 Å². The van der Waals surface area contributed by atoms with Gasteiger partial charge in [0.1, 0.15) is 6.04 Å². The lowest BCUT2D eigenvalue weighted by molar-refractivity contribution is -0.117. The van der Waals surface area contributed by atoms with Crippen molar-refractivity contribution in [1.29, 1.82) is 0 Å². The molecule has 1 aromatic heterocycles. The third kappa shape index (κ3) is 1.45. The molecule has 0 aliphatic carbocycles. The average Bonchev–Trinajstić information content (AvgIpc) is 2.38. The minimum absolute atomic E-state index is 0.0459. The number of nitrogens with one attached hydrogen (secondary N) is 1. The number of amides is 1. The molecule has 1 aliphatic heterocycles. The molecular weight excluding hydrogens is 226 g/mol. The summed E-state index contributed by atoms with van der Waals surface area (Å²) in [5.41, 5.74) is 2.81. The highest BCUT2D eigenvalue weighted by Gasteiger charge is 2.30. The van der Waals surface area contributed by atoms with Crippen LogP contribution in [0.15, 0.2) is 30.5 Å². The Morgan fingerprint density at radius 1 is 1.39 bits per heavy atom. The molecule has 0 radical (unpaired) electrons. The molecule has 1 N–H and O–H groups in total. The third-order valence-electron chi connectivity index (χ3n) is 3.51. The molecule has 18 heavy (non-hydrogen) atoms. The number of hydrogen-bond donors (Lipinski definition) is 1. The Morgan fingerprint density at radius 3 is 2.94 bits per heavy atom. The molecule has 0 saturated heterocycles. The fraction of sp³-hybridized carbons (Fsp3) is 0.286. The van der Waals surface area contributed by atoms with Crippen molar-refractivity contribution in [2.45, 2.75) is 19.4 Å². The van der Waals surface area contributed by atoms with Crippen LogP contribution in [0.1, 0.15) is 13.3 Å². The van der Waals surface area contributed by atoms with E-state index in [-0.39, 0.29) is 11.9 Å². The molecule has 92 valence electrons. The van der Waals surface area contributed by atoms with Crippen LogP contribution in [0.4, 0.5) is 11.4 Å². The van der Waals surface area contributed by atoms with Gasteiger partial charge in [0.15, 0.2) is 0 Å². The molecule has 1 atom stereocenters. The lowest BCUT2D eigenvalue weighted by atomic mass is 10.0. The van der Waals surface area contributed by atoms with E-state index in [9.17, 15) is 4.79 Å². The number of aromatic nitrogens is 1. The Balaban J connectivity index is 2.27. The number of carbonyl (C=O) groups is 1. The van der Waals surface area contributed by atoms with Gasteiger partial charge in [-0.1, -0.05) is 25.1 Å². The Kier molecular flexibility index (Phi) is 2.44. The first-order valence-corrected chi connectivity index (χ1v) is 6.14. The molecule has 1 aliphatic rings. The highest BCUT2D eigenvalue weighted by Crippen LogP contribution is 2.37. The number of benzene rings is 1. The number of carbonyl (C=O) groups excluding carboxylic acids is 1. The summed E-state index contributed by atoms with van der Waals surface area (Å²) in [5, 5.41) is 4.02. The number of nitrogens with zero attached hydrogens (tertiary/aromatic N) is 2. The Hall–Kier alpha value is -2.10. The van der Waals surface area contributed by atoms with Gasteiger partial charge in [0.25, 0.3) is 0 Å². The van der Waals surface area contributed by atoms with E-state index in [4.69, 9.17) is 0 Å². The predicted molar refractivity (Wildman–Crippen MR) is 72.9 cm³/mol. The first kappa shape index (κ1) is 11.0. The molecule has 2 aromatic rings. The molecule has 3 rings (SSSR count). The monoisotopic (exact) mass is 241 g/mol. The summed E-state index contributed by atoms with van der Waals surface area (Å²) in [7, 11) is 1.97. The van der Waals surface area contributed by atoms with Crippen molar-refractivity contribution in [3.63, 3.8) is 0 Å². The molecule has 0 saturated carbocycles. The first-order valence-electron chi connectivity index (χ1n) is 6.14. The zero-order chi connectivity index (χ0) is 12.7. The number of rotatable bonds is 1. The van der Waals surface area contributed by atoms with E-state index in [1.54, 1.807) is 6.20 Å². The first-order chi connectivity index (χ1) is 8.72. The van der Waals surface area contributed by atoms with E-state index >= 15 is 0 Å². The van der Waals surface area contributed by atoms with Crippen LogP contribution in [-0.2, 0) is 4.79 Å². The molecule has 4 nitrogen and oxygen atoms in total. The molecule has 0 bridgehead atoms. The highest BCUT2D eigenvalue weighted by atomic mass is 16.2. The molecule has 1 amide bonds. The molecule has 4 heteroatoms. The minimum atomic E-state index is -0.108. The summed E-state index contributed by atoms with van der Waals surface area (Å²) in [6.07, 6.45) is 2.52. The normalized spacial score (nSPS) is 18.7. The predicted octanol–water partition coefficient (Wildman–Crippen LogP) is 2.40. The molecule has 1 aromatic carbocycles. The van der Waals surface area contributed by atoms with Crippen molar-refractivity contribution in [1.82, 2.24) is 4.98 Å². The van der Waals surface area contributed by atoms with Gasteiger partial charge in [0.2, 0.25) is 5.91 Å². The topological polar surface area (TPSA) is 45.2 Å². The summed E-state index contributed by atoms with van der Waals surface area (Å²) in [4.78, 5) is 18.4. The SMILES string of the molecule is CCC1C(=O)Nc2cnc3ccccc3c2N1C. The molecule has 0 fully saturated rings. The van der Waals surface area contributed by atoms with Gasteiger partial charge in [-0.15, -0.1) is 0 Å². The van der Waals surface area contributed by atoms with E-state index in [0.717, 1.165) is 28.7 Å². The van der Waals surface area contributed by atoms with E-state index in [1.165, 1.54) is 0 Å². The van der Waals surface area contributed by atoms with Gasteiger partial charge in [-0.05, 0) is 12.5 Å². The van der Waals surface area contributed by atoms with Crippen molar-refractivity contribution in [2.75, 3.05) is 17.3 Å². The maximum absolute atomic E-state index is 12.0. The van der Waals surface area contributed by atoms with Gasteiger partial charge in [-0.2, -0.15) is 0 Å². The van der Waals surface area contributed by atoms with Gasteiger partial charge in [-0.3, -0.25) is 9.78 Å². The van der Waals surface area contributed by atoms with Crippen LogP contribution < -0.4 is 10.2 Å². The Labute approximate surface area is 106 Å². The van der Waals surface area contributed by atoms with E-state index in [1.807, 2.05) is 38.2 Å². The van der Waals surface area contributed by atoms with Crippen molar-refractivity contribution < 1.29 is 4.79 Å². The fourth-order valence-corrected chi connectivity index (χ4v) is 2.61. The van der Waals surface area contributed by atoms with Crippen LogP contribution in [0.5, 0.6) is 0 Å². The number of fused-ring (bicyclic) bond motifs is 3. The fourth-order valence-electron chi connectivity index (χ4n) is 2.61. The summed E-state index contributed by atoms with van der Waals surface area (Å²) < 4.78 is 0. The lowest BCUT2D eigenvalue weighted by Crippen LogP contribution is -2.45. The second-order valence-electron chi connectivity index (χ2n) is 4.56. The second-order valence-corrected chi connectivity index (χ2v) is 4.56. The Morgan fingerprint density at radius 2 is 2.17 bits per heavy atom. The lowest BCUT2D eigenvalue weighted by Gasteiger charge is -2.35. The molecule has 0 spiro atoms. The van der Waals surface area contributed by atoms with E-state index in [2.05, 4.69) is 15.2 Å². The number of likely N-dealkylation sites (N-methyl/N-ethyl adjacent to an activating group) is 1. The van der Waals surface area contributed by atoms with Crippen LogP contribution in [0.3, 0.4) is 0 Å². The van der Waals surface area contributed by atoms with Crippen molar-refractivity contribution in [3.8, 4) is 0 Å². The van der Waals surface area contributed by atoms with Crippen LogP contribution >= 0.6 is 0 Å². The van der Waals surface area contributed by atoms with Crippen LogP contribution in [0, 0.1) is 0 Å². The molecular formula is C14H15N3O. The largest absolute Gasteiger partial charge is 0.360 e. The summed E-state index contributed by atoms with van der Waals surface area (Å²) in [6, 6.07) is 7.89. The van der Waals surface area contributed by atoms with Gasteiger partial charge in [-0.25, -0.2) is 0 Å². The van der Waals surface area contributed by atoms with Crippen molar-refractivity contribution in [3.05, 3.63) is 30.5 Å². The summed E-state index contributed by atoms with van der Waals surface area (Å²) in [6.45, 7) is 2.02. The zero-order valence-electron chi connectivity index (χ0n) is 10.5. The standard InChI is InChI=1S/C14H15N3O/c1-3-12-14(18)16-11-8-15-10-7-5-4-6-9(10)13(11)17(12)2/h4-8,12H,3H2,1-2H3,(H,16,18). The second kappa shape index (κ2) is 3.98.